The van der Waals surface area contributed by atoms with Gasteiger partial charge in [0.1, 0.15) is 5.76 Å². The van der Waals surface area contributed by atoms with Crippen molar-refractivity contribution < 1.29 is 33.6 Å². The molecule has 4 aliphatic rings. The second-order valence-electron chi connectivity index (χ2n) is 16.1. The Bertz CT molecular complexity index is 1530. The lowest BCUT2D eigenvalue weighted by molar-refractivity contribution is -0.177. The van der Waals surface area contributed by atoms with Crippen molar-refractivity contribution >= 4 is 11.9 Å². The lowest BCUT2D eigenvalue weighted by atomic mass is 9.45. The van der Waals surface area contributed by atoms with Crippen molar-refractivity contribution in [2.45, 2.75) is 165 Å². The number of carbonyl (C=O) groups is 2. The first-order valence-electron chi connectivity index (χ1n) is 20.6. The molecule has 0 amide bonds. The van der Waals surface area contributed by atoms with Gasteiger partial charge in [0.15, 0.2) is 17.6 Å². The molecule has 1 saturated carbocycles. The Balaban J connectivity index is 1.02. The highest BCUT2D eigenvalue weighted by atomic mass is 16.6. The average Bonchev–Trinajstić information content (AvgIpc) is 3.51. The van der Waals surface area contributed by atoms with Crippen LogP contribution < -0.4 is 9.47 Å². The smallest absolute Gasteiger partial charge is 0.357 e. The Labute approximate surface area is 311 Å². The number of rotatable bonds is 21. The molecule has 1 aliphatic heterocycles. The molecule has 6 rings (SSSR count). The number of carbonyl (C=O) groups excluding carboxylic acids is 2. The van der Waals surface area contributed by atoms with Crippen LogP contribution in [0.5, 0.6) is 11.5 Å². The van der Waals surface area contributed by atoms with Crippen LogP contribution in [-0.4, -0.2) is 35.9 Å². The van der Waals surface area contributed by atoms with Crippen molar-refractivity contribution in [2.24, 2.45) is 11.8 Å². The summed E-state index contributed by atoms with van der Waals surface area (Å²) in [4.78, 5) is 27.2. The maximum absolute atomic E-state index is 14.0. The highest BCUT2D eigenvalue weighted by molar-refractivity contribution is 5.82. The van der Waals surface area contributed by atoms with Crippen LogP contribution in [0, 0.1) is 11.8 Å². The average molecular weight is 715 g/mol. The molecule has 2 bridgehead atoms. The first-order valence-corrected chi connectivity index (χ1v) is 20.6. The van der Waals surface area contributed by atoms with E-state index in [9.17, 15) is 14.7 Å². The zero-order chi connectivity index (χ0) is 36.6. The second kappa shape index (κ2) is 17.7. The van der Waals surface area contributed by atoms with Crippen molar-refractivity contribution in [3.8, 4) is 11.5 Å². The number of aliphatic hydroxyl groups is 1. The van der Waals surface area contributed by atoms with Crippen molar-refractivity contribution in [3.63, 3.8) is 0 Å². The third-order valence-corrected chi connectivity index (χ3v) is 12.7. The van der Waals surface area contributed by atoms with E-state index in [1.165, 1.54) is 82.6 Å². The molecule has 2 aromatic rings. The molecular formula is C45H62O7. The fourth-order valence-electron chi connectivity index (χ4n) is 9.85. The molecule has 1 heterocycles. The predicted molar refractivity (Wildman–Crippen MR) is 203 cm³/mol. The SMILES string of the molecule is CCCCCCCCCCCCCCCCCC(=O)O[C@H](C(=O)OC1=CC[C@@]2(O)[C@H]3Cc4ccc(OC)c5c4[C@@]2(CCC3C)[C@H]1O5)c1ccccc1. The Hall–Kier alpha value is -3.32. The van der Waals surface area contributed by atoms with Crippen LogP contribution >= 0.6 is 0 Å². The van der Waals surface area contributed by atoms with Crippen LogP contribution in [0.2, 0.25) is 0 Å². The summed E-state index contributed by atoms with van der Waals surface area (Å²) in [6.07, 6.45) is 21.8. The third-order valence-electron chi connectivity index (χ3n) is 12.7. The molecule has 1 spiro atoms. The summed E-state index contributed by atoms with van der Waals surface area (Å²) in [5.41, 5.74) is 0.945. The van der Waals surface area contributed by atoms with Gasteiger partial charge < -0.3 is 24.1 Å². The Morgan fingerprint density at radius 1 is 0.885 bits per heavy atom. The summed E-state index contributed by atoms with van der Waals surface area (Å²) >= 11 is 0. The Morgan fingerprint density at radius 3 is 2.15 bits per heavy atom. The monoisotopic (exact) mass is 714 g/mol. The van der Waals surface area contributed by atoms with E-state index in [0.29, 0.717) is 41.6 Å². The van der Waals surface area contributed by atoms with Crippen LogP contribution in [0.3, 0.4) is 0 Å². The van der Waals surface area contributed by atoms with E-state index in [1.54, 1.807) is 19.2 Å². The van der Waals surface area contributed by atoms with E-state index in [4.69, 9.17) is 18.9 Å². The maximum atomic E-state index is 14.0. The predicted octanol–water partition coefficient (Wildman–Crippen LogP) is 10.4. The van der Waals surface area contributed by atoms with Gasteiger partial charge in [-0.15, -0.1) is 0 Å². The summed E-state index contributed by atoms with van der Waals surface area (Å²) in [5.74, 6) is 0.963. The minimum Gasteiger partial charge on any atom is -0.493 e. The van der Waals surface area contributed by atoms with Gasteiger partial charge in [0.25, 0.3) is 0 Å². The van der Waals surface area contributed by atoms with E-state index in [1.807, 2.05) is 30.3 Å². The number of unbranched alkanes of at least 4 members (excludes halogenated alkanes) is 14. The molecule has 1 fully saturated rings. The quantitative estimate of drug-likeness (QED) is 0.102. The van der Waals surface area contributed by atoms with Crippen LogP contribution in [-0.2, 0) is 30.9 Å². The van der Waals surface area contributed by atoms with E-state index >= 15 is 0 Å². The number of ether oxygens (including phenoxy) is 4. The van der Waals surface area contributed by atoms with Crippen LogP contribution in [0.25, 0.3) is 0 Å². The number of esters is 2. The molecule has 2 aromatic carbocycles. The summed E-state index contributed by atoms with van der Waals surface area (Å²) < 4.78 is 24.5. The van der Waals surface area contributed by atoms with Crippen LogP contribution in [0.15, 0.2) is 54.3 Å². The number of benzene rings is 2. The van der Waals surface area contributed by atoms with E-state index in [-0.39, 0.29) is 12.3 Å². The first-order chi connectivity index (χ1) is 25.3. The lowest BCUT2D eigenvalue weighted by Crippen LogP contribution is -2.69. The fraction of sp³-hybridized carbons (Fsp3) is 0.644. The summed E-state index contributed by atoms with van der Waals surface area (Å²) in [6.45, 7) is 4.50. The van der Waals surface area contributed by atoms with Crippen molar-refractivity contribution in [1.29, 1.82) is 0 Å². The molecule has 0 radical (unpaired) electrons. The van der Waals surface area contributed by atoms with Crippen molar-refractivity contribution in [3.05, 3.63) is 71.0 Å². The van der Waals surface area contributed by atoms with Crippen molar-refractivity contribution in [2.75, 3.05) is 7.11 Å². The van der Waals surface area contributed by atoms with Gasteiger partial charge in [0, 0.05) is 17.5 Å². The first kappa shape index (κ1) is 38.4. The van der Waals surface area contributed by atoms with Crippen molar-refractivity contribution in [1.82, 2.24) is 0 Å². The molecule has 6 atom stereocenters. The highest BCUT2D eigenvalue weighted by Crippen LogP contribution is 2.68. The normalized spacial score (nSPS) is 25.8. The van der Waals surface area contributed by atoms with Gasteiger partial charge in [0.2, 0.25) is 6.10 Å². The molecule has 52 heavy (non-hydrogen) atoms. The molecule has 3 aliphatic carbocycles. The van der Waals surface area contributed by atoms with Gasteiger partial charge in [-0.2, -0.15) is 0 Å². The molecule has 284 valence electrons. The highest BCUT2D eigenvalue weighted by Gasteiger charge is 2.72. The zero-order valence-electron chi connectivity index (χ0n) is 32.0. The van der Waals surface area contributed by atoms with Gasteiger partial charge in [-0.25, -0.2) is 4.79 Å². The number of hydrogen-bond acceptors (Lipinski definition) is 7. The standard InChI is InChI=1S/C45H62O7/c1-4-5-6-7-8-9-10-11-12-13-14-15-16-17-21-24-38(46)51-40(33-22-19-18-20-23-33)43(47)50-37-28-30-45(48)35-31-34-25-26-36(49-3)41-39(34)44(45,42(37)52-41)29-27-32(35)2/h18-20,22-23,25-26,28,32,35,40,42,48H,4-17,21,24,27,29-31H2,1-3H3/t32?,35-,40-,42-,44-,45+/m0/s1. The number of methoxy groups -OCH3 is 1. The maximum Gasteiger partial charge on any atom is 0.357 e. The minimum absolute atomic E-state index is 0.0606. The Kier molecular flexibility index (Phi) is 13.1. The van der Waals surface area contributed by atoms with E-state index in [2.05, 4.69) is 19.9 Å². The van der Waals surface area contributed by atoms with Gasteiger partial charge in [-0.05, 0) is 61.6 Å². The fourth-order valence-corrected chi connectivity index (χ4v) is 9.85. The summed E-state index contributed by atoms with van der Waals surface area (Å²) in [5, 5.41) is 12.6. The summed E-state index contributed by atoms with van der Waals surface area (Å²) in [7, 11) is 1.62. The largest absolute Gasteiger partial charge is 0.493 e. The zero-order valence-corrected chi connectivity index (χ0v) is 32.0. The number of hydrogen-bond donors (Lipinski definition) is 1. The molecule has 7 nitrogen and oxygen atoms in total. The lowest BCUT2D eigenvalue weighted by Gasteiger charge is -2.61. The molecule has 1 unspecified atom stereocenters. The van der Waals surface area contributed by atoms with Crippen LogP contribution in [0.4, 0.5) is 0 Å². The van der Waals surface area contributed by atoms with Gasteiger partial charge in [0.05, 0.1) is 18.1 Å². The molecular weight excluding hydrogens is 652 g/mol. The third kappa shape index (κ3) is 7.81. The Morgan fingerprint density at radius 2 is 1.52 bits per heavy atom. The molecule has 0 saturated heterocycles. The molecule has 7 heteroatoms. The molecule has 0 aromatic heterocycles. The van der Waals surface area contributed by atoms with Crippen LogP contribution in [0.1, 0.15) is 159 Å². The minimum atomic E-state index is -1.20. The van der Waals surface area contributed by atoms with Gasteiger partial charge in [-0.3, -0.25) is 4.79 Å². The van der Waals surface area contributed by atoms with Gasteiger partial charge >= 0.3 is 11.9 Å². The second-order valence-corrected chi connectivity index (χ2v) is 16.1. The topological polar surface area (TPSA) is 91.3 Å². The van der Waals surface area contributed by atoms with Gasteiger partial charge in [-0.1, -0.05) is 140 Å². The van der Waals surface area contributed by atoms with E-state index in [0.717, 1.165) is 37.7 Å². The van der Waals surface area contributed by atoms with E-state index < -0.39 is 35.2 Å². The summed E-state index contributed by atoms with van der Waals surface area (Å²) in [6, 6.07) is 13.1. The molecule has 1 N–H and O–H groups in total.